The van der Waals surface area contributed by atoms with Crippen LogP contribution in [0.3, 0.4) is 0 Å². The standard InChI is InChI=1S/C15H24BrNOS/c1-4-8-18-15-6-5-14(16)10-13(15)11-17-12(2)7-9-19-3/h5-6,10,12,17H,4,7-9,11H2,1-3H3. The summed E-state index contributed by atoms with van der Waals surface area (Å²) in [5.74, 6) is 2.20. The van der Waals surface area contributed by atoms with Crippen LogP contribution in [0.1, 0.15) is 32.3 Å². The monoisotopic (exact) mass is 345 g/mol. The first-order chi connectivity index (χ1) is 9.17. The van der Waals surface area contributed by atoms with Crippen LogP contribution in [0.5, 0.6) is 5.75 Å². The molecule has 1 N–H and O–H groups in total. The molecule has 0 fully saturated rings. The molecule has 1 unspecified atom stereocenters. The van der Waals surface area contributed by atoms with Gasteiger partial charge in [-0.25, -0.2) is 0 Å². The Bertz CT molecular complexity index is 373. The zero-order valence-electron chi connectivity index (χ0n) is 12.0. The maximum Gasteiger partial charge on any atom is 0.123 e. The SMILES string of the molecule is CCCOc1ccc(Br)cc1CNC(C)CCSC. The molecule has 0 saturated carbocycles. The normalized spacial score (nSPS) is 12.4. The predicted molar refractivity (Wildman–Crippen MR) is 89.2 cm³/mol. The predicted octanol–water partition coefficient (Wildman–Crippen LogP) is 4.47. The molecular weight excluding hydrogens is 322 g/mol. The van der Waals surface area contributed by atoms with Gasteiger partial charge in [0.1, 0.15) is 5.75 Å². The van der Waals surface area contributed by atoms with Gasteiger partial charge in [-0.3, -0.25) is 0 Å². The van der Waals surface area contributed by atoms with E-state index in [1.165, 1.54) is 17.7 Å². The van der Waals surface area contributed by atoms with Crippen LogP contribution in [0.2, 0.25) is 0 Å². The maximum atomic E-state index is 5.79. The van der Waals surface area contributed by atoms with Crippen molar-refractivity contribution in [1.82, 2.24) is 5.32 Å². The van der Waals surface area contributed by atoms with Crippen molar-refractivity contribution in [3.63, 3.8) is 0 Å². The second-order valence-corrected chi connectivity index (χ2v) is 6.57. The van der Waals surface area contributed by atoms with Gasteiger partial charge in [0.05, 0.1) is 6.61 Å². The van der Waals surface area contributed by atoms with E-state index in [4.69, 9.17) is 4.74 Å². The number of hydrogen-bond acceptors (Lipinski definition) is 3. The van der Waals surface area contributed by atoms with Gasteiger partial charge in [0.2, 0.25) is 0 Å². The summed E-state index contributed by atoms with van der Waals surface area (Å²) in [4.78, 5) is 0. The van der Waals surface area contributed by atoms with Gasteiger partial charge in [-0.05, 0) is 50.0 Å². The summed E-state index contributed by atoms with van der Waals surface area (Å²) < 4.78 is 6.89. The van der Waals surface area contributed by atoms with Crippen molar-refractivity contribution >= 4 is 27.7 Å². The fourth-order valence-electron chi connectivity index (χ4n) is 1.72. The Balaban J connectivity index is 2.57. The van der Waals surface area contributed by atoms with E-state index in [-0.39, 0.29) is 0 Å². The maximum absolute atomic E-state index is 5.79. The van der Waals surface area contributed by atoms with Crippen LogP contribution in [0.15, 0.2) is 22.7 Å². The van der Waals surface area contributed by atoms with Crippen LogP contribution in [-0.4, -0.2) is 24.7 Å². The van der Waals surface area contributed by atoms with Gasteiger partial charge in [0, 0.05) is 22.6 Å². The van der Waals surface area contributed by atoms with Gasteiger partial charge in [-0.2, -0.15) is 11.8 Å². The molecule has 0 aliphatic rings. The van der Waals surface area contributed by atoms with Crippen LogP contribution in [0.4, 0.5) is 0 Å². The second kappa shape index (κ2) is 9.67. The first kappa shape index (κ1) is 16.9. The quantitative estimate of drug-likeness (QED) is 0.713. The van der Waals surface area contributed by atoms with Gasteiger partial charge in [-0.1, -0.05) is 22.9 Å². The van der Waals surface area contributed by atoms with Gasteiger partial charge in [0.25, 0.3) is 0 Å². The number of hydrogen-bond donors (Lipinski definition) is 1. The molecule has 2 nitrogen and oxygen atoms in total. The summed E-state index contributed by atoms with van der Waals surface area (Å²) in [7, 11) is 0. The molecule has 0 aliphatic heterocycles. The molecule has 0 heterocycles. The van der Waals surface area contributed by atoms with Crippen molar-refractivity contribution in [3.05, 3.63) is 28.2 Å². The lowest BCUT2D eigenvalue weighted by molar-refractivity contribution is 0.312. The highest BCUT2D eigenvalue weighted by Gasteiger charge is 2.07. The molecule has 108 valence electrons. The highest BCUT2D eigenvalue weighted by Crippen LogP contribution is 2.23. The third kappa shape index (κ3) is 6.68. The Morgan fingerprint density at radius 3 is 2.89 bits per heavy atom. The summed E-state index contributed by atoms with van der Waals surface area (Å²) in [6, 6.07) is 6.75. The molecule has 0 aromatic heterocycles. The highest BCUT2D eigenvalue weighted by molar-refractivity contribution is 9.10. The lowest BCUT2D eigenvalue weighted by Crippen LogP contribution is -2.26. The smallest absolute Gasteiger partial charge is 0.123 e. The van der Waals surface area contributed by atoms with E-state index in [1.54, 1.807) is 0 Å². The molecule has 1 aromatic carbocycles. The average molecular weight is 346 g/mol. The largest absolute Gasteiger partial charge is 0.493 e. The molecule has 0 spiro atoms. The molecule has 19 heavy (non-hydrogen) atoms. The van der Waals surface area contributed by atoms with Crippen LogP contribution in [-0.2, 0) is 6.54 Å². The van der Waals surface area contributed by atoms with Gasteiger partial charge < -0.3 is 10.1 Å². The van der Waals surface area contributed by atoms with E-state index in [9.17, 15) is 0 Å². The van der Waals surface area contributed by atoms with Crippen molar-refractivity contribution < 1.29 is 4.74 Å². The molecule has 0 amide bonds. The Morgan fingerprint density at radius 2 is 2.21 bits per heavy atom. The van der Waals surface area contributed by atoms with Crippen molar-refractivity contribution in [2.45, 2.75) is 39.3 Å². The zero-order chi connectivity index (χ0) is 14.1. The summed E-state index contributed by atoms with van der Waals surface area (Å²) in [5, 5.41) is 3.56. The summed E-state index contributed by atoms with van der Waals surface area (Å²) in [5.41, 5.74) is 1.22. The van der Waals surface area contributed by atoms with Crippen LogP contribution < -0.4 is 10.1 Å². The highest BCUT2D eigenvalue weighted by atomic mass is 79.9. The first-order valence-corrected chi connectivity index (χ1v) is 8.99. The molecule has 0 saturated heterocycles. The van der Waals surface area contributed by atoms with E-state index in [0.29, 0.717) is 6.04 Å². The van der Waals surface area contributed by atoms with E-state index in [0.717, 1.165) is 29.8 Å². The molecule has 1 atom stereocenters. The topological polar surface area (TPSA) is 21.3 Å². The number of nitrogens with one attached hydrogen (secondary N) is 1. The fraction of sp³-hybridized carbons (Fsp3) is 0.600. The van der Waals surface area contributed by atoms with Crippen molar-refractivity contribution in [1.29, 1.82) is 0 Å². The van der Waals surface area contributed by atoms with Crippen molar-refractivity contribution in [2.75, 3.05) is 18.6 Å². The Morgan fingerprint density at radius 1 is 1.42 bits per heavy atom. The van der Waals surface area contributed by atoms with E-state index in [2.05, 4.69) is 47.4 Å². The number of rotatable bonds is 9. The van der Waals surface area contributed by atoms with Crippen LogP contribution >= 0.6 is 27.7 Å². The average Bonchev–Trinajstić information content (AvgIpc) is 2.41. The Hall–Kier alpha value is -0.190. The molecule has 1 aromatic rings. The number of ether oxygens (including phenoxy) is 1. The Labute approximate surface area is 129 Å². The molecule has 0 aliphatic carbocycles. The lowest BCUT2D eigenvalue weighted by atomic mass is 10.1. The first-order valence-electron chi connectivity index (χ1n) is 6.81. The van der Waals surface area contributed by atoms with E-state index >= 15 is 0 Å². The molecule has 0 bridgehead atoms. The zero-order valence-corrected chi connectivity index (χ0v) is 14.4. The fourth-order valence-corrected chi connectivity index (χ4v) is 2.72. The molecular formula is C15H24BrNOS. The second-order valence-electron chi connectivity index (χ2n) is 4.66. The molecule has 0 radical (unpaired) electrons. The van der Waals surface area contributed by atoms with Crippen LogP contribution in [0.25, 0.3) is 0 Å². The third-order valence-electron chi connectivity index (χ3n) is 2.88. The van der Waals surface area contributed by atoms with Crippen molar-refractivity contribution in [2.24, 2.45) is 0 Å². The summed E-state index contributed by atoms with van der Waals surface area (Å²) in [6.45, 7) is 5.99. The number of thioether (sulfide) groups is 1. The number of benzene rings is 1. The van der Waals surface area contributed by atoms with Crippen molar-refractivity contribution in [3.8, 4) is 5.75 Å². The third-order valence-corrected chi connectivity index (χ3v) is 4.02. The minimum Gasteiger partial charge on any atom is -0.493 e. The van der Waals surface area contributed by atoms with E-state index in [1.807, 2.05) is 23.9 Å². The molecule has 1 rings (SSSR count). The number of halogens is 1. The minimum atomic E-state index is 0.533. The Kier molecular flexibility index (Phi) is 8.58. The summed E-state index contributed by atoms with van der Waals surface area (Å²) >= 11 is 5.42. The molecule has 4 heteroatoms. The van der Waals surface area contributed by atoms with Gasteiger partial charge in [-0.15, -0.1) is 0 Å². The minimum absolute atomic E-state index is 0.533. The van der Waals surface area contributed by atoms with Crippen LogP contribution in [0, 0.1) is 0 Å². The van der Waals surface area contributed by atoms with Gasteiger partial charge in [0.15, 0.2) is 0 Å². The summed E-state index contributed by atoms with van der Waals surface area (Å²) in [6.07, 6.45) is 4.38. The van der Waals surface area contributed by atoms with Gasteiger partial charge >= 0.3 is 0 Å². The lowest BCUT2D eigenvalue weighted by Gasteiger charge is -2.16. The van der Waals surface area contributed by atoms with E-state index < -0.39 is 0 Å².